The minimum atomic E-state index is -0.845. The van der Waals surface area contributed by atoms with Crippen molar-refractivity contribution in [3.8, 4) is 0 Å². The maximum atomic E-state index is 9.86. The summed E-state index contributed by atoms with van der Waals surface area (Å²) in [4.78, 5) is 19.7. The van der Waals surface area contributed by atoms with E-state index in [0.717, 1.165) is 0 Å². The molecule has 4 N–H and O–H groups in total. The van der Waals surface area contributed by atoms with Gasteiger partial charge >= 0.3 is 11.9 Å². The zero-order valence-electron chi connectivity index (χ0n) is 13.0. The lowest BCUT2D eigenvalue weighted by Gasteiger charge is -1.94. The molecule has 0 saturated heterocycles. The van der Waals surface area contributed by atoms with Gasteiger partial charge in [-0.1, -0.05) is 12.2 Å². The molecule has 0 radical (unpaired) electrons. The smallest absolute Gasteiger partial charge is 0.330 e. The van der Waals surface area contributed by atoms with Crippen molar-refractivity contribution < 1.29 is 34.8 Å². The maximum absolute atomic E-state index is 9.86. The average molecular weight is 306 g/mol. The monoisotopic (exact) mass is 306 g/mol. The second-order valence-corrected chi connectivity index (χ2v) is 3.61. The summed E-state index contributed by atoms with van der Waals surface area (Å²) in [6.45, 7) is 7.21. The van der Waals surface area contributed by atoms with E-state index in [2.05, 4.69) is 4.74 Å². The van der Waals surface area contributed by atoms with Crippen LogP contribution in [-0.2, 0) is 14.3 Å². The van der Waals surface area contributed by atoms with Crippen LogP contribution in [0.2, 0.25) is 0 Å². The summed E-state index contributed by atoms with van der Waals surface area (Å²) < 4.78 is 4.63. The molecule has 124 valence electrons. The molecule has 21 heavy (non-hydrogen) atoms. The predicted octanol–water partition coefficient (Wildman–Crippen LogP) is 1.06. The molecule has 0 rings (SSSR count). The topological polar surface area (TPSA) is 124 Å². The minimum Gasteiger partial charge on any atom is -0.478 e. The lowest BCUT2D eigenvalue weighted by Crippen LogP contribution is -2.03. The fourth-order valence-electron chi connectivity index (χ4n) is 0.478. The highest BCUT2D eigenvalue weighted by Gasteiger charge is 1.94. The molecule has 0 heterocycles. The molecule has 7 heteroatoms. The van der Waals surface area contributed by atoms with Crippen LogP contribution in [0.3, 0.4) is 0 Å². The van der Waals surface area contributed by atoms with Gasteiger partial charge < -0.3 is 25.2 Å². The molecule has 0 aliphatic carbocycles. The number of aliphatic carboxylic acids is 2. The first-order chi connectivity index (χ1) is 9.78. The largest absolute Gasteiger partial charge is 0.478 e. The van der Waals surface area contributed by atoms with E-state index in [-0.39, 0.29) is 13.2 Å². The Morgan fingerprint density at radius 2 is 1.14 bits per heavy atom. The van der Waals surface area contributed by atoms with Crippen molar-refractivity contribution in [3.63, 3.8) is 0 Å². The van der Waals surface area contributed by atoms with Gasteiger partial charge in [0.25, 0.3) is 0 Å². The summed E-state index contributed by atoms with van der Waals surface area (Å²) in [5, 5.41) is 32.4. The van der Waals surface area contributed by atoms with Gasteiger partial charge in [-0.05, 0) is 27.7 Å². The molecular weight excluding hydrogens is 280 g/mol. The van der Waals surface area contributed by atoms with Crippen LogP contribution in [0.15, 0.2) is 23.3 Å². The van der Waals surface area contributed by atoms with E-state index in [4.69, 9.17) is 20.4 Å². The zero-order chi connectivity index (χ0) is 17.3. The zero-order valence-corrected chi connectivity index (χ0v) is 13.0. The van der Waals surface area contributed by atoms with Crippen molar-refractivity contribution in [2.75, 3.05) is 26.4 Å². The molecule has 0 aliphatic rings. The van der Waals surface area contributed by atoms with Gasteiger partial charge in [-0.25, -0.2) is 9.59 Å². The summed E-state index contributed by atoms with van der Waals surface area (Å²) in [5.74, 6) is -1.69. The van der Waals surface area contributed by atoms with Crippen molar-refractivity contribution in [1.82, 2.24) is 0 Å². The molecule has 0 saturated carbocycles. The lowest BCUT2D eigenvalue weighted by atomic mass is 10.3. The molecule has 0 atom stereocenters. The quantitative estimate of drug-likeness (QED) is 0.427. The van der Waals surface area contributed by atoms with Crippen LogP contribution in [-0.4, -0.2) is 58.8 Å². The van der Waals surface area contributed by atoms with Crippen molar-refractivity contribution in [3.05, 3.63) is 23.3 Å². The van der Waals surface area contributed by atoms with Gasteiger partial charge in [0, 0.05) is 11.1 Å². The number of allylic oxidation sites excluding steroid dienone is 2. The van der Waals surface area contributed by atoms with Gasteiger partial charge in [-0.15, -0.1) is 0 Å². The number of carbonyl (C=O) groups is 2. The molecule has 0 aromatic rings. The van der Waals surface area contributed by atoms with E-state index >= 15 is 0 Å². The van der Waals surface area contributed by atoms with Crippen LogP contribution in [0.1, 0.15) is 27.7 Å². The van der Waals surface area contributed by atoms with Gasteiger partial charge in [0.15, 0.2) is 0 Å². The van der Waals surface area contributed by atoms with Gasteiger partial charge in [-0.2, -0.15) is 0 Å². The summed E-state index contributed by atoms with van der Waals surface area (Å²) >= 11 is 0. The Morgan fingerprint density at radius 1 is 0.857 bits per heavy atom. The van der Waals surface area contributed by atoms with Gasteiger partial charge in [0.1, 0.15) is 0 Å². The highest BCUT2D eigenvalue weighted by Crippen LogP contribution is 1.88. The number of hydrogen-bond acceptors (Lipinski definition) is 5. The number of aliphatic hydroxyl groups is 2. The summed E-state index contributed by atoms with van der Waals surface area (Å²) in [6.07, 6.45) is 3.12. The molecule has 0 fully saturated rings. The first-order valence-corrected chi connectivity index (χ1v) is 6.30. The van der Waals surface area contributed by atoms with Crippen molar-refractivity contribution >= 4 is 11.9 Å². The number of carboxylic acids is 2. The van der Waals surface area contributed by atoms with Gasteiger partial charge in [0.05, 0.1) is 26.4 Å². The third-order valence-electron chi connectivity index (χ3n) is 2.01. The Hall–Kier alpha value is -1.70. The molecule has 0 amide bonds. The Bertz CT molecular complexity index is 300. The fourth-order valence-corrected chi connectivity index (χ4v) is 0.478. The number of hydrogen-bond donors (Lipinski definition) is 4. The van der Waals surface area contributed by atoms with E-state index in [9.17, 15) is 9.59 Å². The van der Waals surface area contributed by atoms with E-state index in [1.165, 1.54) is 0 Å². The molecule has 0 aromatic heterocycles. The normalized spacial score (nSPS) is 10.8. The van der Waals surface area contributed by atoms with Crippen LogP contribution in [0.4, 0.5) is 0 Å². The second-order valence-electron chi connectivity index (χ2n) is 3.61. The standard InChI is InChI=1S/2C5H8O2.C4H10O3/c2*1-3-4(2)5(6)7;5-1-3-7-4-2-6/h2*3H,1-2H3,(H,6,7);5-6H,1-4H2. The van der Waals surface area contributed by atoms with Gasteiger partial charge in [-0.3, -0.25) is 0 Å². The molecule has 0 aromatic carbocycles. The number of aliphatic hydroxyl groups excluding tert-OH is 2. The Labute approximate surface area is 125 Å². The van der Waals surface area contributed by atoms with Crippen LogP contribution < -0.4 is 0 Å². The third kappa shape index (κ3) is 23.8. The van der Waals surface area contributed by atoms with Gasteiger partial charge in [0.2, 0.25) is 0 Å². The molecule has 7 nitrogen and oxygen atoms in total. The fraction of sp³-hybridized carbons (Fsp3) is 0.571. The maximum Gasteiger partial charge on any atom is 0.330 e. The molecule has 0 unspecified atom stereocenters. The Kier molecular flexibility index (Phi) is 21.2. The first kappa shape index (κ1) is 24.3. The highest BCUT2D eigenvalue weighted by molar-refractivity contribution is 5.85. The Balaban J connectivity index is -0.000000231. The average Bonchev–Trinajstić information content (AvgIpc) is 2.47. The van der Waals surface area contributed by atoms with Crippen LogP contribution in [0.5, 0.6) is 0 Å². The summed E-state index contributed by atoms with van der Waals surface area (Å²) in [7, 11) is 0. The van der Waals surface area contributed by atoms with Crippen LogP contribution in [0, 0.1) is 0 Å². The number of ether oxygens (including phenoxy) is 1. The summed E-state index contributed by atoms with van der Waals surface area (Å²) in [6, 6.07) is 0. The van der Waals surface area contributed by atoms with E-state index < -0.39 is 11.9 Å². The molecule has 0 spiro atoms. The van der Waals surface area contributed by atoms with Crippen LogP contribution >= 0.6 is 0 Å². The van der Waals surface area contributed by atoms with Crippen molar-refractivity contribution in [1.29, 1.82) is 0 Å². The van der Waals surface area contributed by atoms with E-state index in [1.807, 2.05) is 0 Å². The van der Waals surface area contributed by atoms with E-state index in [1.54, 1.807) is 39.8 Å². The summed E-state index contributed by atoms with van der Waals surface area (Å²) in [5.41, 5.74) is 0.778. The molecule has 0 bridgehead atoms. The Morgan fingerprint density at radius 3 is 1.24 bits per heavy atom. The highest BCUT2D eigenvalue weighted by atomic mass is 16.5. The van der Waals surface area contributed by atoms with Crippen molar-refractivity contribution in [2.45, 2.75) is 27.7 Å². The van der Waals surface area contributed by atoms with E-state index in [0.29, 0.717) is 24.4 Å². The molecule has 0 aliphatic heterocycles. The third-order valence-corrected chi connectivity index (χ3v) is 2.01. The number of carboxylic acid groups (broad SMARTS) is 2. The molecular formula is C14H26O7. The second kappa shape index (κ2) is 18.3. The lowest BCUT2D eigenvalue weighted by molar-refractivity contribution is -0.133. The minimum absolute atomic E-state index is 0.0278. The number of rotatable bonds is 6. The first-order valence-electron chi connectivity index (χ1n) is 6.30. The predicted molar refractivity (Wildman–Crippen MR) is 79.1 cm³/mol. The van der Waals surface area contributed by atoms with Crippen molar-refractivity contribution in [2.24, 2.45) is 0 Å². The SMILES string of the molecule is CC=C(C)C(=O)O.CC=C(C)C(=O)O.OCCOCCO. The van der Waals surface area contributed by atoms with Crippen LogP contribution in [0.25, 0.3) is 0 Å².